The lowest BCUT2D eigenvalue weighted by Gasteiger charge is -2.26. The first-order valence-electron chi connectivity index (χ1n) is 23.7. The van der Waals surface area contributed by atoms with Gasteiger partial charge >= 0.3 is 0 Å². The largest absolute Gasteiger partial charge is 0.376 e. The van der Waals surface area contributed by atoms with E-state index in [1.807, 2.05) is 0 Å². The van der Waals surface area contributed by atoms with E-state index in [2.05, 4.69) is 20.8 Å². The molecule has 0 aromatic carbocycles. The van der Waals surface area contributed by atoms with Gasteiger partial charge in [-0.25, -0.2) is 0 Å². The van der Waals surface area contributed by atoms with Gasteiger partial charge in [0.15, 0.2) is 12.6 Å². The van der Waals surface area contributed by atoms with Crippen molar-refractivity contribution in [3.63, 3.8) is 0 Å². The van der Waals surface area contributed by atoms with E-state index in [1.54, 1.807) is 4.90 Å². The molecule has 0 saturated heterocycles. The van der Waals surface area contributed by atoms with E-state index in [0.717, 1.165) is 57.8 Å². The van der Waals surface area contributed by atoms with Crippen molar-refractivity contribution < 1.29 is 59.2 Å². The third-order valence-electron chi connectivity index (χ3n) is 10.2. The molecule has 360 valence electrons. The zero-order valence-corrected chi connectivity index (χ0v) is 39.8. The Balaban J connectivity index is 5.36. The molecule has 14 nitrogen and oxygen atoms in total. The molecule has 0 aliphatic rings. The van der Waals surface area contributed by atoms with Crippen LogP contribution in [0.1, 0.15) is 188 Å². The van der Waals surface area contributed by atoms with E-state index in [1.165, 1.54) is 89.9 Å². The molecule has 0 heterocycles. The fourth-order valence-corrected chi connectivity index (χ4v) is 7.54. The Morgan fingerprint density at radius 3 is 1.10 bits per heavy atom. The molecule has 0 fully saturated rings. The number of hydrogen-bond acceptors (Lipinski definition) is 11. The van der Waals surface area contributed by atoms with Gasteiger partial charge in [-0.15, -0.1) is 0 Å². The van der Waals surface area contributed by atoms with Crippen molar-refractivity contribution >= 4 is 26.1 Å². The van der Waals surface area contributed by atoms with Crippen molar-refractivity contribution in [3.05, 3.63) is 0 Å². The van der Waals surface area contributed by atoms with Gasteiger partial charge in [0.2, 0.25) is 5.91 Å². The van der Waals surface area contributed by atoms with Crippen molar-refractivity contribution in [1.82, 2.24) is 4.90 Å². The van der Waals surface area contributed by atoms with Crippen LogP contribution >= 0.6 is 0 Å². The first kappa shape index (κ1) is 59.0. The lowest BCUT2D eigenvalue weighted by atomic mass is 10.1. The maximum absolute atomic E-state index is 13.6. The second-order valence-electron chi connectivity index (χ2n) is 16.0. The van der Waals surface area contributed by atoms with E-state index in [9.17, 15) is 21.6 Å². The fourth-order valence-electron chi connectivity index (χ4n) is 6.58. The van der Waals surface area contributed by atoms with Crippen molar-refractivity contribution in [2.24, 2.45) is 0 Å². The van der Waals surface area contributed by atoms with Crippen LogP contribution in [0.5, 0.6) is 0 Å². The number of amides is 1. The molecule has 60 heavy (non-hydrogen) atoms. The molecule has 2 atom stereocenters. The second kappa shape index (κ2) is 42.0. The molecule has 0 radical (unpaired) electrons. The highest BCUT2D eigenvalue weighted by atomic mass is 32.2. The quantitative estimate of drug-likeness (QED) is 0.0335. The summed E-state index contributed by atoms with van der Waals surface area (Å²) >= 11 is 0. The number of rotatable bonds is 48. The molecule has 0 rings (SSSR count). The van der Waals surface area contributed by atoms with Gasteiger partial charge in [0.25, 0.3) is 20.2 Å². The van der Waals surface area contributed by atoms with Crippen LogP contribution in [0.4, 0.5) is 0 Å². The molecule has 0 spiro atoms. The van der Waals surface area contributed by atoms with Gasteiger partial charge < -0.3 is 33.3 Å². The van der Waals surface area contributed by atoms with Crippen LogP contribution in [-0.2, 0) is 53.5 Å². The van der Waals surface area contributed by atoms with Crippen LogP contribution in [0.2, 0.25) is 0 Å². The summed E-state index contributed by atoms with van der Waals surface area (Å²) in [6, 6.07) is 0. The first-order chi connectivity index (χ1) is 28.9. The predicted octanol–water partition coefficient (Wildman–Crippen LogP) is 9.54. The lowest BCUT2D eigenvalue weighted by molar-refractivity contribution is -0.181. The minimum atomic E-state index is -4.07. The number of nitrogens with zero attached hydrogens (tertiary/aromatic N) is 1. The number of carbonyl (C=O) groups is 1. The summed E-state index contributed by atoms with van der Waals surface area (Å²) in [5.41, 5.74) is 0. The van der Waals surface area contributed by atoms with Crippen LogP contribution in [0.25, 0.3) is 0 Å². The third-order valence-corrected chi connectivity index (χ3v) is 11.8. The van der Waals surface area contributed by atoms with E-state index in [0.29, 0.717) is 32.7 Å². The third kappa shape index (κ3) is 43.7. The monoisotopic (exact) mass is 904 g/mol. The summed E-state index contributed by atoms with van der Waals surface area (Å²) in [6.45, 7) is 8.97. The lowest BCUT2D eigenvalue weighted by Crippen LogP contribution is -2.39. The summed E-state index contributed by atoms with van der Waals surface area (Å²) in [7, 11) is -8.15. The molecule has 1 amide bonds. The van der Waals surface area contributed by atoms with E-state index >= 15 is 0 Å². The summed E-state index contributed by atoms with van der Waals surface area (Å²) in [4.78, 5) is 15.3. The average Bonchev–Trinajstić information content (AvgIpc) is 3.19. The minimum absolute atomic E-state index is 0.00601. The molecule has 0 bridgehead atoms. The Bertz CT molecular complexity index is 1090. The van der Waals surface area contributed by atoms with Crippen molar-refractivity contribution in [2.75, 3.05) is 77.5 Å². The van der Waals surface area contributed by atoms with E-state index in [-0.39, 0.29) is 69.9 Å². The van der Waals surface area contributed by atoms with Crippen LogP contribution < -0.4 is 0 Å². The van der Waals surface area contributed by atoms with Crippen LogP contribution in [0.3, 0.4) is 0 Å². The minimum Gasteiger partial charge on any atom is -0.376 e. The number of unbranched alkanes of at least 4 members (excludes halogenated alkanes) is 20. The first-order valence-corrected chi connectivity index (χ1v) is 26.9. The Labute approximate surface area is 366 Å². The van der Waals surface area contributed by atoms with Gasteiger partial charge in [0, 0.05) is 45.9 Å². The molecular formula is C44H89NO13S2. The topological polar surface area (TPSA) is 184 Å². The van der Waals surface area contributed by atoms with Crippen molar-refractivity contribution in [3.8, 4) is 0 Å². The Kier molecular flexibility index (Phi) is 41.4. The predicted molar refractivity (Wildman–Crippen MR) is 239 cm³/mol. The van der Waals surface area contributed by atoms with Gasteiger partial charge in [0.05, 0.1) is 37.9 Å². The van der Waals surface area contributed by atoms with Gasteiger partial charge in [-0.2, -0.15) is 16.8 Å². The maximum atomic E-state index is 13.6. The van der Waals surface area contributed by atoms with Crippen LogP contribution in [0.15, 0.2) is 0 Å². The normalized spacial score (nSPS) is 13.2. The standard InChI is InChI=1S/C44H89NO13S2/c1-4-7-10-13-16-19-22-25-34-55-43(40-53-32-27-38-59(47,48)49)57-36-30-45(42(46)29-24-21-18-15-12-9-6-3)31-37-58-44(41-54-33-28-39-60(50,51)52)56-35-26-23-20-17-14-11-8-5-2/h43-44H,4-41H2,1-3H3,(H,47,48,49)(H,50,51,52). The maximum Gasteiger partial charge on any atom is 0.264 e. The number of hydrogen-bond donors (Lipinski definition) is 2. The molecular weight excluding hydrogens is 815 g/mol. The van der Waals surface area contributed by atoms with Gasteiger partial charge in [-0.05, 0) is 32.1 Å². The highest BCUT2D eigenvalue weighted by molar-refractivity contribution is 7.86. The smallest absolute Gasteiger partial charge is 0.264 e. The van der Waals surface area contributed by atoms with Gasteiger partial charge in [-0.1, -0.05) is 149 Å². The summed E-state index contributed by atoms with van der Waals surface area (Å²) < 4.78 is 98.2. The zero-order chi connectivity index (χ0) is 44.4. The van der Waals surface area contributed by atoms with Crippen molar-refractivity contribution in [2.45, 2.75) is 200 Å². The van der Waals surface area contributed by atoms with Crippen molar-refractivity contribution in [1.29, 1.82) is 0 Å². The second-order valence-corrected chi connectivity index (χ2v) is 19.1. The SMILES string of the molecule is CCCCCCCCCCOC(COCCCS(=O)(=O)O)OCCN(CCOC(COCCCS(=O)(=O)O)OCCCCCCCCCC)C(=O)CCCCCCCCC. The molecule has 0 aromatic heterocycles. The van der Waals surface area contributed by atoms with Crippen LogP contribution in [-0.4, -0.2) is 127 Å². The van der Waals surface area contributed by atoms with E-state index < -0.39 is 32.8 Å². The van der Waals surface area contributed by atoms with Gasteiger partial charge in [-0.3, -0.25) is 13.9 Å². The van der Waals surface area contributed by atoms with Gasteiger partial charge in [0.1, 0.15) is 0 Å². The molecule has 16 heteroatoms. The zero-order valence-electron chi connectivity index (χ0n) is 38.2. The Morgan fingerprint density at radius 2 is 0.750 bits per heavy atom. The highest BCUT2D eigenvalue weighted by Crippen LogP contribution is 2.13. The fraction of sp³-hybridized carbons (Fsp3) is 0.977. The molecule has 0 aliphatic heterocycles. The Hall–Kier alpha value is -0.950. The number of carbonyl (C=O) groups excluding carboxylic acids is 1. The summed E-state index contributed by atoms with van der Waals surface area (Å²) in [5, 5.41) is 0. The average molecular weight is 904 g/mol. The summed E-state index contributed by atoms with van der Waals surface area (Å²) in [5.74, 6) is -0.770. The molecule has 0 aromatic rings. The molecule has 2 unspecified atom stereocenters. The highest BCUT2D eigenvalue weighted by Gasteiger charge is 2.18. The number of ether oxygens (including phenoxy) is 6. The van der Waals surface area contributed by atoms with E-state index in [4.69, 9.17) is 37.5 Å². The molecule has 0 aliphatic carbocycles. The summed E-state index contributed by atoms with van der Waals surface area (Å²) in [6.07, 6.45) is 25.6. The molecule has 0 saturated carbocycles. The molecule has 2 N–H and O–H groups in total. The Morgan fingerprint density at radius 1 is 0.433 bits per heavy atom. The van der Waals surface area contributed by atoms with Crippen LogP contribution in [0, 0.1) is 0 Å².